The van der Waals surface area contributed by atoms with Gasteiger partial charge in [0.2, 0.25) is 0 Å². The molecule has 3 rings (SSSR count). The molecule has 2 aliphatic rings. The summed E-state index contributed by atoms with van der Waals surface area (Å²) in [6.45, 7) is 4.14. The molecule has 0 amide bonds. The van der Waals surface area contributed by atoms with Crippen molar-refractivity contribution in [3.63, 3.8) is 0 Å². The molecule has 0 N–H and O–H groups in total. The second kappa shape index (κ2) is 5.10. The lowest BCUT2D eigenvalue weighted by molar-refractivity contribution is 0.150. The van der Waals surface area contributed by atoms with Crippen LogP contribution in [0.25, 0.3) is 0 Å². The number of halogens is 1. The van der Waals surface area contributed by atoms with Gasteiger partial charge in [0, 0.05) is 31.4 Å². The van der Waals surface area contributed by atoms with E-state index in [9.17, 15) is 0 Å². The number of fused-ring (bicyclic) bond motifs is 1. The van der Waals surface area contributed by atoms with Gasteiger partial charge in [0.25, 0.3) is 0 Å². The summed E-state index contributed by atoms with van der Waals surface area (Å²) in [5.74, 6) is 1.79. The van der Waals surface area contributed by atoms with E-state index in [1.54, 1.807) is 0 Å². The Hall–Kier alpha value is -0.730. The van der Waals surface area contributed by atoms with Crippen LogP contribution in [-0.4, -0.2) is 36.0 Å². The van der Waals surface area contributed by atoms with Crippen molar-refractivity contribution in [1.82, 2.24) is 4.90 Å². The van der Waals surface area contributed by atoms with Crippen molar-refractivity contribution in [2.45, 2.75) is 38.3 Å². The van der Waals surface area contributed by atoms with Gasteiger partial charge < -0.3 is 4.74 Å². The minimum absolute atomic E-state index is 0.311. The molecule has 0 bridgehead atoms. The van der Waals surface area contributed by atoms with Crippen LogP contribution >= 0.6 is 11.6 Å². The average Bonchev–Trinajstić information content (AvgIpc) is 3.10. The zero-order valence-electron chi connectivity index (χ0n) is 10.9. The summed E-state index contributed by atoms with van der Waals surface area (Å²) < 4.78 is 6.03. The second-order valence-electron chi connectivity index (χ2n) is 5.47. The lowest BCUT2D eigenvalue weighted by Crippen LogP contribution is -2.37. The van der Waals surface area contributed by atoms with Crippen molar-refractivity contribution in [3.05, 3.63) is 29.3 Å². The van der Waals surface area contributed by atoms with Gasteiger partial charge in [0.05, 0.1) is 0 Å². The highest BCUT2D eigenvalue weighted by atomic mass is 35.5. The van der Waals surface area contributed by atoms with E-state index in [0.29, 0.717) is 6.10 Å². The van der Waals surface area contributed by atoms with Crippen LogP contribution in [-0.2, 0) is 6.42 Å². The molecule has 1 unspecified atom stereocenters. The standard InChI is InChI=1S/C15H20ClNO/c1-11-2-5-15-12(8-11)9-14(18-15)10-17(7-6-16)13-3-4-13/h2,5,8,13-14H,3-4,6-7,9-10H2,1H3. The highest BCUT2D eigenvalue weighted by molar-refractivity contribution is 6.18. The van der Waals surface area contributed by atoms with Gasteiger partial charge in [-0.05, 0) is 31.4 Å². The smallest absolute Gasteiger partial charge is 0.123 e. The molecule has 0 radical (unpaired) electrons. The van der Waals surface area contributed by atoms with Gasteiger partial charge in [-0.3, -0.25) is 4.90 Å². The molecule has 18 heavy (non-hydrogen) atoms. The number of aryl methyl sites for hydroxylation is 1. The van der Waals surface area contributed by atoms with E-state index in [2.05, 4.69) is 30.0 Å². The topological polar surface area (TPSA) is 12.5 Å². The molecule has 1 aromatic rings. The summed E-state index contributed by atoms with van der Waals surface area (Å²) >= 11 is 5.88. The van der Waals surface area contributed by atoms with Crippen LogP contribution in [0.15, 0.2) is 18.2 Å². The summed E-state index contributed by atoms with van der Waals surface area (Å²) in [5.41, 5.74) is 2.68. The molecule has 1 aliphatic carbocycles. The maximum atomic E-state index is 6.03. The largest absolute Gasteiger partial charge is 0.488 e. The fourth-order valence-corrected chi connectivity index (χ4v) is 3.00. The highest BCUT2D eigenvalue weighted by Crippen LogP contribution is 2.32. The third kappa shape index (κ3) is 2.65. The van der Waals surface area contributed by atoms with Crippen LogP contribution in [0.1, 0.15) is 24.0 Å². The van der Waals surface area contributed by atoms with Crippen LogP contribution in [0.5, 0.6) is 5.75 Å². The molecule has 1 atom stereocenters. The SMILES string of the molecule is Cc1ccc2c(c1)CC(CN(CCCl)C1CC1)O2. The lowest BCUT2D eigenvalue weighted by atomic mass is 10.1. The summed E-state index contributed by atoms with van der Waals surface area (Å²) in [6.07, 6.45) is 4.01. The van der Waals surface area contributed by atoms with Crippen molar-refractivity contribution >= 4 is 11.6 Å². The fraction of sp³-hybridized carbons (Fsp3) is 0.600. The molecule has 1 saturated carbocycles. The van der Waals surface area contributed by atoms with Gasteiger partial charge in [-0.25, -0.2) is 0 Å². The number of nitrogens with zero attached hydrogens (tertiary/aromatic N) is 1. The van der Waals surface area contributed by atoms with E-state index < -0.39 is 0 Å². The Labute approximate surface area is 114 Å². The monoisotopic (exact) mass is 265 g/mol. The number of alkyl halides is 1. The van der Waals surface area contributed by atoms with E-state index in [1.807, 2.05) is 0 Å². The zero-order valence-corrected chi connectivity index (χ0v) is 11.6. The maximum Gasteiger partial charge on any atom is 0.123 e. The first-order chi connectivity index (χ1) is 8.76. The number of hydrogen-bond acceptors (Lipinski definition) is 2. The average molecular weight is 266 g/mol. The van der Waals surface area contributed by atoms with Crippen LogP contribution in [0.3, 0.4) is 0 Å². The predicted octanol–water partition coefficient (Wildman–Crippen LogP) is 3.00. The van der Waals surface area contributed by atoms with E-state index in [1.165, 1.54) is 24.0 Å². The Balaban J connectivity index is 1.62. The third-order valence-electron chi connectivity index (χ3n) is 3.83. The van der Waals surface area contributed by atoms with Gasteiger partial charge in [-0.15, -0.1) is 11.6 Å². The molecular formula is C15H20ClNO. The van der Waals surface area contributed by atoms with E-state index >= 15 is 0 Å². The number of ether oxygens (including phenoxy) is 1. The highest BCUT2D eigenvalue weighted by Gasteiger charge is 2.32. The second-order valence-corrected chi connectivity index (χ2v) is 5.85. The molecule has 2 nitrogen and oxygen atoms in total. The lowest BCUT2D eigenvalue weighted by Gasteiger charge is -2.24. The number of rotatable bonds is 5. The molecule has 1 fully saturated rings. The van der Waals surface area contributed by atoms with Gasteiger partial charge in [-0.1, -0.05) is 17.7 Å². The molecule has 0 saturated heterocycles. The van der Waals surface area contributed by atoms with Crippen molar-refractivity contribution in [1.29, 1.82) is 0 Å². The van der Waals surface area contributed by atoms with Crippen molar-refractivity contribution in [3.8, 4) is 5.75 Å². The first kappa shape index (κ1) is 12.3. The molecule has 3 heteroatoms. The van der Waals surface area contributed by atoms with Gasteiger partial charge >= 0.3 is 0 Å². The quantitative estimate of drug-likeness (QED) is 0.759. The van der Waals surface area contributed by atoms with Crippen LogP contribution in [0.2, 0.25) is 0 Å². The van der Waals surface area contributed by atoms with E-state index in [0.717, 1.165) is 37.2 Å². The minimum Gasteiger partial charge on any atom is -0.488 e. The molecule has 1 heterocycles. The third-order valence-corrected chi connectivity index (χ3v) is 4.00. The molecule has 0 spiro atoms. The van der Waals surface area contributed by atoms with Crippen molar-refractivity contribution in [2.75, 3.05) is 19.0 Å². The van der Waals surface area contributed by atoms with Gasteiger partial charge in [0.15, 0.2) is 0 Å². The van der Waals surface area contributed by atoms with Gasteiger partial charge in [-0.2, -0.15) is 0 Å². The zero-order chi connectivity index (χ0) is 12.5. The molecule has 1 aromatic carbocycles. The summed E-state index contributed by atoms with van der Waals surface area (Å²) in [5, 5.41) is 0. The van der Waals surface area contributed by atoms with Crippen molar-refractivity contribution < 1.29 is 4.74 Å². The normalized spacial score (nSPS) is 22.1. The Morgan fingerprint density at radius 3 is 2.94 bits per heavy atom. The van der Waals surface area contributed by atoms with Crippen LogP contribution < -0.4 is 4.74 Å². The first-order valence-corrected chi connectivity index (χ1v) is 7.36. The summed E-state index contributed by atoms with van der Waals surface area (Å²) in [7, 11) is 0. The van der Waals surface area contributed by atoms with Crippen LogP contribution in [0.4, 0.5) is 0 Å². The number of hydrogen-bond donors (Lipinski definition) is 0. The maximum absolute atomic E-state index is 6.03. The predicted molar refractivity (Wildman–Crippen MR) is 74.6 cm³/mol. The first-order valence-electron chi connectivity index (χ1n) is 6.82. The van der Waals surface area contributed by atoms with Crippen molar-refractivity contribution in [2.24, 2.45) is 0 Å². The Morgan fingerprint density at radius 2 is 2.22 bits per heavy atom. The Morgan fingerprint density at radius 1 is 1.39 bits per heavy atom. The molecular weight excluding hydrogens is 246 g/mol. The number of benzene rings is 1. The summed E-state index contributed by atoms with van der Waals surface area (Å²) in [6, 6.07) is 7.24. The van der Waals surface area contributed by atoms with Crippen LogP contribution in [0, 0.1) is 6.92 Å². The van der Waals surface area contributed by atoms with E-state index in [4.69, 9.17) is 16.3 Å². The van der Waals surface area contributed by atoms with Gasteiger partial charge in [0.1, 0.15) is 11.9 Å². The fourth-order valence-electron chi connectivity index (χ4n) is 2.78. The summed E-state index contributed by atoms with van der Waals surface area (Å²) in [4.78, 5) is 2.50. The minimum atomic E-state index is 0.311. The molecule has 0 aromatic heterocycles. The Bertz CT molecular complexity index is 431. The molecule has 1 aliphatic heterocycles. The molecule has 98 valence electrons. The van der Waals surface area contributed by atoms with E-state index in [-0.39, 0.29) is 0 Å². The Kier molecular flexibility index (Phi) is 3.49.